The Bertz CT molecular complexity index is 1620. The Kier molecular flexibility index (Phi) is 7.19. The zero-order chi connectivity index (χ0) is 26.6. The Morgan fingerprint density at radius 1 is 0.947 bits per heavy atom. The summed E-state index contributed by atoms with van der Waals surface area (Å²) in [6, 6.07) is 19.7. The van der Waals surface area contributed by atoms with Crippen molar-refractivity contribution < 1.29 is 28.2 Å². The third-order valence-electron chi connectivity index (χ3n) is 5.69. The second kappa shape index (κ2) is 10.9. The number of rotatable bonds is 9. The number of aromatic nitrogens is 3. The van der Waals surface area contributed by atoms with Crippen LogP contribution in [0.5, 0.6) is 11.6 Å². The normalized spacial score (nSPS) is 11.0. The summed E-state index contributed by atoms with van der Waals surface area (Å²) < 4.78 is 41.2. The van der Waals surface area contributed by atoms with Crippen LogP contribution < -0.4 is 9.47 Å². The van der Waals surface area contributed by atoms with E-state index in [4.69, 9.17) is 26.2 Å². The van der Waals surface area contributed by atoms with Crippen LogP contribution in [0.4, 0.5) is 8.78 Å². The lowest BCUT2D eigenvalue weighted by Crippen LogP contribution is -2.09. The Morgan fingerprint density at radius 3 is 2.50 bits per heavy atom. The van der Waals surface area contributed by atoms with Gasteiger partial charge in [-0.2, -0.15) is 0 Å². The Balaban J connectivity index is 1.48. The van der Waals surface area contributed by atoms with E-state index < -0.39 is 24.2 Å². The Labute approximate surface area is 220 Å². The van der Waals surface area contributed by atoms with Gasteiger partial charge in [-0.3, -0.25) is 0 Å². The summed E-state index contributed by atoms with van der Waals surface area (Å²) in [5.41, 5.74) is 2.87. The average molecular weight is 536 g/mol. The van der Waals surface area contributed by atoms with Crippen molar-refractivity contribution in [1.29, 1.82) is 0 Å². The van der Waals surface area contributed by atoms with Gasteiger partial charge in [-0.15, -0.1) is 0 Å². The van der Waals surface area contributed by atoms with Crippen LogP contribution in [0.1, 0.15) is 11.1 Å². The molecule has 0 radical (unpaired) electrons. The first kappa shape index (κ1) is 25.2. The molecule has 0 amide bonds. The number of hydrogen-bond acceptors (Lipinski definition) is 5. The molecule has 0 bridgehead atoms. The van der Waals surface area contributed by atoms with E-state index in [1.807, 2.05) is 12.1 Å². The molecule has 192 valence electrons. The van der Waals surface area contributed by atoms with E-state index in [9.17, 15) is 13.6 Å². The van der Waals surface area contributed by atoms with E-state index in [-0.39, 0.29) is 18.0 Å². The molecule has 10 heteroatoms. The van der Waals surface area contributed by atoms with Crippen molar-refractivity contribution in [2.24, 2.45) is 0 Å². The fraction of sp³-hybridized carbons (Fsp3) is 0.107. The van der Waals surface area contributed by atoms with Gasteiger partial charge in [0.1, 0.15) is 18.2 Å². The van der Waals surface area contributed by atoms with Crippen LogP contribution in [0.2, 0.25) is 5.02 Å². The van der Waals surface area contributed by atoms with Crippen molar-refractivity contribution in [3.63, 3.8) is 0 Å². The summed E-state index contributed by atoms with van der Waals surface area (Å²) in [7, 11) is 0. The lowest BCUT2D eigenvalue weighted by molar-refractivity contribution is -0.139. The van der Waals surface area contributed by atoms with E-state index in [1.54, 1.807) is 59.3 Å². The number of imidazole rings is 1. The lowest BCUT2D eigenvalue weighted by Gasteiger charge is -2.13. The molecule has 0 aliphatic carbocycles. The monoisotopic (exact) mass is 535 g/mol. The number of halogens is 3. The van der Waals surface area contributed by atoms with E-state index in [0.29, 0.717) is 34.2 Å². The molecule has 0 spiro atoms. The van der Waals surface area contributed by atoms with Gasteiger partial charge in [-0.05, 0) is 47.5 Å². The first-order chi connectivity index (χ1) is 18.4. The molecular formula is C28H20ClF2N3O4. The summed E-state index contributed by atoms with van der Waals surface area (Å²) in [6.45, 7) is 0.0156. The minimum absolute atomic E-state index is 0.154. The zero-order valence-electron chi connectivity index (χ0n) is 19.8. The number of aliphatic carboxylic acids is 1. The molecule has 0 unspecified atom stereocenters. The van der Waals surface area contributed by atoms with Crippen molar-refractivity contribution in [2.75, 3.05) is 6.61 Å². The molecular weight excluding hydrogens is 516 g/mol. The van der Waals surface area contributed by atoms with Gasteiger partial charge >= 0.3 is 5.97 Å². The van der Waals surface area contributed by atoms with Crippen molar-refractivity contribution >= 4 is 28.6 Å². The summed E-state index contributed by atoms with van der Waals surface area (Å²) >= 11 is 6.17. The van der Waals surface area contributed by atoms with E-state index in [0.717, 1.165) is 23.3 Å². The predicted molar refractivity (Wildman–Crippen MR) is 137 cm³/mol. The van der Waals surface area contributed by atoms with Crippen molar-refractivity contribution in [2.45, 2.75) is 13.2 Å². The number of carbonyl (C=O) groups is 1. The minimum Gasteiger partial charge on any atom is -0.482 e. The summed E-state index contributed by atoms with van der Waals surface area (Å²) in [4.78, 5) is 19.7. The fourth-order valence-corrected chi connectivity index (χ4v) is 4.17. The van der Waals surface area contributed by atoms with E-state index in [1.165, 1.54) is 0 Å². The first-order valence-electron chi connectivity index (χ1n) is 11.5. The highest BCUT2D eigenvalue weighted by Gasteiger charge is 2.20. The molecule has 5 aromatic rings. The van der Waals surface area contributed by atoms with Crippen LogP contribution in [0, 0.1) is 11.6 Å². The highest BCUT2D eigenvalue weighted by Crippen LogP contribution is 2.32. The van der Waals surface area contributed by atoms with Crippen molar-refractivity contribution in [3.05, 3.63) is 107 Å². The summed E-state index contributed by atoms with van der Waals surface area (Å²) in [5, 5.41) is 9.30. The summed E-state index contributed by atoms with van der Waals surface area (Å²) in [5.74, 6) is -1.91. The number of ether oxygens (including phenoxy) is 2. The molecule has 0 aliphatic rings. The maximum Gasteiger partial charge on any atom is 0.341 e. The van der Waals surface area contributed by atoms with Gasteiger partial charge < -0.3 is 19.1 Å². The first-order valence-corrected chi connectivity index (χ1v) is 11.9. The number of fused-ring (bicyclic) bond motifs is 1. The standard InChI is InChI=1S/C28H20ClF2N3O4/c29-19-4-1-3-18(11-19)14-34-25-13-23(31)22(30)12-24(25)33-27(34)21-5-2-10-32-28(21)38-15-17-6-8-20(9-7-17)37-16-26(35)36/h1-13H,14-16H2,(H,35,36). The van der Waals surface area contributed by atoms with Gasteiger partial charge in [0.25, 0.3) is 0 Å². The third kappa shape index (κ3) is 5.57. The van der Waals surface area contributed by atoms with Gasteiger partial charge in [0.15, 0.2) is 18.2 Å². The molecule has 7 nitrogen and oxygen atoms in total. The highest BCUT2D eigenvalue weighted by atomic mass is 35.5. The second-order valence-electron chi connectivity index (χ2n) is 8.38. The molecule has 0 saturated carbocycles. The molecule has 0 aliphatic heterocycles. The van der Waals surface area contributed by atoms with E-state index in [2.05, 4.69) is 9.97 Å². The zero-order valence-corrected chi connectivity index (χ0v) is 20.5. The average Bonchev–Trinajstić information content (AvgIpc) is 3.23. The maximum absolute atomic E-state index is 14.2. The van der Waals surface area contributed by atoms with Crippen molar-refractivity contribution in [3.8, 4) is 23.0 Å². The SMILES string of the molecule is O=C(O)COc1ccc(COc2ncccc2-c2nc3cc(F)c(F)cc3n2Cc2cccc(Cl)c2)cc1. The maximum atomic E-state index is 14.2. The van der Waals surface area contributed by atoms with Crippen LogP contribution in [0.25, 0.3) is 22.4 Å². The van der Waals surface area contributed by atoms with Gasteiger partial charge in [-0.1, -0.05) is 35.9 Å². The summed E-state index contributed by atoms with van der Waals surface area (Å²) in [6.07, 6.45) is 1.57. The minimum atomic E-state index is -1.06. The number of carboxylic acid groups (broad SMARTS) is 1. The van der Waals surface area contributed by atoms with Gasteiger partial charge in [0, 0.05) is 29.9 Å². The molecule has 2 heterocycles. The topological polar surface area (TPSA) is 86.5 Å². The smallest absolute Gasteiger partial charge is 0.341 e. The molecule has 0 saturated heterocycles. The highest BCUT2D eigenvalue weighted by molar-refractivity contribution is 6.30. The number of carboxylic acids is 1. The number of nitrogens with zero attached hydrogens (tertiary/aromatic N) is 3. The lowest BCUT2D eigenvalue weighted by atomic mass is 10.2. The fourth-order valence-electron chi connectivity index (χ4n) is 3.96. The second-order valence-corrected chi connectivity index (χ2v) is 8.81. The van der Waals surface area contributed by atoms with E-state index >= 15 is 0 Å². The molecule has 0 fully saturated rings. The van der Waals surface area contributed by atoms with Crippen LogP contribution >= 0.6 is 11.6 Å². The van der Waals surface area contributed by atoms with Gasteiger partial charge in [0.05, 0.1) is 16.6 Å². The Hall–Kier alpha value is -4.50. The number of hydrogen-bond donors (Lipinski definition) is 1. The predicted octanol–water partition coefficient (Wildman–Crippen LogP) is 6.12. The van der Waals surface area contributed by atoms with Crippen LogP contribution in [-0.4, -0.2) is 32.2 Å². The number of benzene rings is 3. The Morgan fingerprint density at radius 2 is 1.74 bits per heavy atom. The number of pyridine rings is 1. The van der Waals surface area contributed by atoms with Crippen LogP contribution in [0.3, 0.4) is 0 Å². The molecule has 0 atom stereocenters. The molecule has 1 N–H and O–H groups in total. The molecule has 2 aromatic heterocycles. The largest absolute Gasteiger partial charge is 0.482 e. The van der Waals surface area contributed by atoms with Gasteiger partial charge in [0.2, 0.25) is 5.88 Å². The van der Waals surface area contributed by atoms with Gasteiger partial charge in [-0.25, -0.2) is 23.5 Å². The quantitative estimate of drug-likeness (QED) is 0.245. The molecule has 38 heavy (non-hydrogen) atoms. The molecule has 3 aromatic carbocycles. The van der Waals surface area contributed by atoms with Crippen molar-refractivity contribution in [1.82, 2.24) is 14.5 Å². The molecule has 5 rings (SSSR count). The van der Waals surface area contributed by atoms with Crippen LogP contribution in [0.15, 0.2) is 79.0 Å². The van der Waals surface area contributed by atoms with Crippen LogP contribution in [-0.2, 0) is 17.9 Å². The third-order valence-corrected chi connectivity index (χ3v) is 5.93.